The summed E-state index contributed by atoms with van der Waals surface area (Å²) in [6.07, 6.45) is 40.2. The fraction of sp³-hybridized carbons (Fsp3) is 0.814. The van der Waals surface area contributed by atoms with Gasteiger partial charge in [-0.1, -0.05) is 190 Å². The SMILES string of the molecule is CC/C=C\C/C=C\C/C=C\C/C=C\CCCOCC(COC1OC(COC2OC(CO)C(O)C(O)C2O)C(O)C(O)C1O)OC(=O)CCCCCCCCCCCCCCC/C=C\CCCCCCCCCC. The maximum atomic E-state index is 13.1. The van der Waals surface area contributed by atoms with Crippen LogP contribution in [0.4, 0.5) is 0 Å². The highest BCUT2D eigenvalue weighted by molar-refractivity contribution is 5.69. The molecule has 2 heterocycles. The molecule has 0 radical (unpaired) electrons. The van der Waals surface area contributed by atoms with E-state index in [0.717, 1.165) is 57.8 Å². The Bertz CT molecular complexity index is 1440. The van der Waals surface area contributed by atoms with Crippen LogP contribution in [0.5, 0.6) is 0 Å². The van der Waals surface area contributed by atoms with Gasteiger partial charge in [-0.15, -0.1) is 0 Å². The molecule has 2 fully saturated rings. The number of esters is 1. The summed E-state index contributed by atoms with van der Waals surface area (Å²) < 4.78 is 34.3. The number of rotatable bonds is 46. The van der Waals surface area contributed by atoms with Gasteiger partial charge in [0, 0.05) is 13.0 Å². The Morgan fingerprint density at radius 1 is 0.466 bits per heavy atom. The van der Waals surface area contributed by atoms with Crippen molar-refractivity contribution in [2.75, 3.05) is 33.0 Å². The molecule has 0 aliphatic carbocycles. The van der Waals surface area contributed by atoms with Crippen molar-refractivity contribution >= 4 is 5.97 Å². The zero-order chi connectivity index (χ0) is 53.0. The average Bonchev–Trinajstić information content (AvgIpc) is 3.39. The molecule has 0 bridgehead atoms. The first-order chi connectivity index (χ1) is 35.6. The van der Waals surface area contributed by atoms with Gasteiger partial charge in [0.2, 0.25) is 0 Å². The second kappa shape index (κ2) is 45.8. The second-order valence-electron chi connectivity index (χ2n) is 20.1. The molecule has 73 heavy (non-hydrogen) atoms. The lowest BCUT2D eigenvalue weighted by atomic mass is 9.98. The normalized spacial score (nSPS) is 25.4. The van der Waals surface area contributed by atoms with Crippen LogP contribution in [0.15, 0.2) is 60.8 Å². The minimum atomic E-state index is -1.72. The quantitative estimate of drug-likeness (QED) is 0.0172. The highest BCUT2D eigenvalue weighted by Gasteiger charge is 2.47. The Kier molecular flexibility index (Phi) is 42.0. The fourth-order valence-corrected chi connectivity index (χ4v) is 8.87. The average molecular weight is 1040 g/mol. The van der Waals surface area contributed by atoms with E-state index in [0.29, 0.717) is 13.0 Å². The van der Waals surface area contributed by atoms with Crippen molar-refractivity contribution in [1.82, 2.24) is 0 Å². The van der Waals surface area contributed by atoms with Gasteiger partial charge in [0.05, 0.1) is 26.4 Å². The summed E-state index contributed by atoms with van der Waals surface area (Å²) in [5, 5.41) is 72.3. The Morgan fingerprint density at radius 2 is 0.890 bits per heavy atom. The van der Waals surface area contributed by atoms with Gasteiger partial charge in [-0.3, -0.25) is 4.79 Å². The van der Waals surface area contributed by atoms with E-state index in [1.54, 1.807) is 0 Å². The third-order valence-electron chi connectivity index (χ3n) is 13.5. The Balaban J connectivity index is 1.70. The Morgan fingerprint density at radius 3 is 1.41 bits per heavy atom. The van der Waals surface area contributed by atoms with Gasteiger partial charge in [0.15, 0.2) is 12.6 Å². The summed E-state index contributed by atoms with van der Waals surface area (Å²) in [4.78, 5) is 13.1. The zero-order valence-corrected chi connectivity index (χ0v) is 45.4. The first kappa shape index (κ1) is 66.8. The molecule has 0 aromatic heterocycles. The van der Waals surface area contributed by atoms with Crippen LogP contribution in [0.1, 0.15) is 206 Å². The van der Waals surface area contributed by atoms with E-state index in [1.165, 1.54) is 122 Å². The van der Waals surface area contributed by atoms with E-state index in [4.69, 9.17) is 28.4 Å². The van der Waals surface area contributed by atoms with Crippen LogP contribution in [0, 0.1) is 0 Å². The predicted octanol–water partition coefficient (Wildman–Crippen LogP) is 10.1. The van der Waals surface area contributed by atoms with Crippen LogP contribution in [-0.4, -0.2) is 142 Å². The van der Waals surface area contributed by atoms with E-state index in [1.807, 2.05) is 0 Å². The van der Waals surface area contributed by atoms with Gasteiger partial charge < -0.3 is 64.2 Å². The molecule has 2 saturated heterocycles. The van der Waals surface area contributed by atoms with Crippen LogP contribution in [0.3, 0.4) is 0 Å². The largest absolute Gasteiger partial charge is 0.457 e. The third-order valence-corrected chi connectivity index (χ3v) is 13.5. The highest BCUT2D eigenvalue weighted by atomic mass is 16.7. The number of allylic oxidation sites excluding steroid dienone is 10. The minimum absolute atomic E-state index is 0.0225. The summed E-state index contributed by atoms with van der Waals surface area (Å²) in [5.74, 6) is -0.395. The van der Waals surface area contributed by atoms with Gasteiger partial charge in [0.25, 0.3) is 0 Å². The predicted molar refractivity (Wildman–Crippen MR) is 289 cm³/mol. The minimum Gasteiger partial charge on any atom is -0.457 e. The van der Waals surface area contributed by atoms with Crippen molar-refractivity contribution in [3.8, 4) is 0 Å². The van der Waals surface area contributed by atoms with E-state index < -0.39 is 86.7 Å². The number of hydrogen-bond acceptors (Lipinski definition) is 14. The molecular weight excluding hydrogens is 933 g/mol. The molecule has 0 spiro atoms. The summed E-state index contributed by atoms with van der Waals surface area (Å²) in [6.45, 7) is 3.43. The van der Waals surface area contributed by atoms with Crippen LogP contribution in [0.25, 0.3) is 0 Å². The summed E-state index contributed by atoms with van der Waals surface area (Å²) in [5.41, 5.74) is 0. The van der Waals surface area contributed by atoms with Crippen molar-refractivity contribution in [3.05, 3.63) is 60.8 Å². The summed E-state index contributed by atoms with van der Waals surface area (Å²) >= 11 is 0. The Labute approximate surface area is 441 Å². The van der Waals surface area contributed by atoms with Crippen molar-refractivity contribution in [3.63, 3.8) is 0 Å². The van der Waals surface area contributed by atoms with Crippen molar-refractivity contribution < 1.29 is 69.0 Å². The highest BCUT2D eigenvalue weighted by Crippen LogP contribution is 2.26. The number of carbonyl (C=O) groups is 1. The molecule has 7 N–H and O–H groups in total. The molecule has 0 saturated carbocycles. The molecular formula is C59H104O14. The van der Waals surface area contributed by atoms with Crippen LogP contribution >= 0.6 is 0 Å². The van der Waals surface area contributed by atoms with E-state index in [-0.39, 0.29) is 19.6 Å². The first-order valence-corrected chi connectivity index (χ1v) is 28.9. The molecule has 0 amide bonds. The van der Waals surface area contributed by atoms with Gasteiger partial charge in [-0.2, -0.15) is 0 Å². The third kappa shape index (κ3) is 32.8. The summed E-state index contributed by atoms with van der Waals surface area (Å²) in [7, 11) is 0. The molecule has 11 unspecified atom stereocenters. The van der Waals surface area contributed by atoms with Gasteiger partial charge in [-0.05, 0) is 70.6 Å². The molecule has 0 aromatic carbocycles. The number of aliphatic hydroxyl groups is 7. The molecule has 2 aliphatic heterocycles. The van der Waals surface area contributed by atoms with Gasteiger partial charge in [-0.25, -0.2) is 0 Å². The van der Waals surface area contributed by atoms with Gasteiger partial charge >= 0.3 is 5.97 Å². The molecule has 14 heteroatoms. The number of hydrogen-bond donors (Lipinski definition) is 7. The van der Waals surface area contributed by atoms with Crippen molar-refractivity contribution in [2.45, 2.75) is 274 Å². The Hall–Kier alpha value is -2.31. The molecule has 14 nitrogen and oxygen atoms in total. The number of ether oxygens (including phenoxy) is 6. The molecule has 2 aliphatic rings. The zero-order valence-electron chi connectivity index (χ0n) is 45.4. The fourth-order valence-electron chi connectivity index (χ4n) is 8.87. The second-order valence-corrected chi connectivity index (χ2v) is 20.1. The number of aliphatic hydroxyl groups excluding tert-OH is 7. The molecule has 11 atom stereocenters. The van der Waals surface area contributed by atoms with E-state index in [2.05, 4.69) is 74.6 Å². The topological polar surface area (TPSA) is 214 Å². The lowest BCUT2D eigenvalue weighted by Crippen LogP contribution is -2.61. The smallest absolute Gasteiger partial charge is 0.306 e. The van der Waals surface area contributed by atoms with Crippen LogP contribution in [-0.2, 0) is 33.2 Å². The van der Waals surface area contributed by atoms with Crippen molar-refractivity contribution in [1.29, 1.82) is 0 Å². The van der Waals surface area contributed by atoms with Crippen LogP contribution in [0.2, 0.25) is 0 Å². The lowest BCUT2D eigenvalue weighted by molar-refractivity contribution is -0.332. The molecule has 2 rings (SSSR count). The monoisotopic (exact) mass is 1040 g/mol. The number of carbonyl (C=O) groups excluding carboxylic acids is 1. The van der Waals surface area contributed by atoms with E-state index in [9.17, 15) is 40.5 Å². The summed E-state index contributed by atoms with van der Waals surface area (Å²) in [6, 6.07) is 0. The molecule has 0 aromatic rings. The lowest BCUT2D eigenvalue weighted by Gasteiger charge is -2.42. The van der Waals surface area contributed by atoms with Gasteiger partial charge in [0.1, 0.15) is 54.9 Å². The maximum Gasteiger partial charge on any atom is 0.306 e. The van der Waals surface area contributed by atoms with Crippen molar-refractivity contribution in [2.24, 2.45) is 0 Å². The standard InChI is InChI=1S/C59H104O14/c1-3-5-7-9-11-13-15-17-19-20-21-22-23-24-25-26-27-28-29-30-32-34-36-38-40-42-51(61)71-48(45-68-43-41-39-37-35-33-31-18-16-14-12-10-8-6-4-2)46-69-58-57(67)55(65)53(63)50(73-58)47-70-59-56(66)54(64)52(62)49(44-60)72-59/h6,8,12,14,18,20-21,31,35,37,48-50,52-60,62-67H,3-5,7,9-11,13,15-17,19,22-30,32-34,36,38-47H2,1-2H3/b8-6-,14-12-,21-20-,31-18-,37-35-. The number of unbranched alkanes of at least 4 members (excludes halogenated alkanes) is 22. The maximum absolute atomic E-state index is 13.1. The first-order valence-electron chi connectivity index (χ1n) is 28.9. The molecule has 424 valence electrons. The van der Waals surface area contributed by atoms with Crippen LogP contribution < -0.4 is 0 Å². The van der Waals surface area contributed by atoms with E-state index >= 15 is 0 Å².